The fourth-order valence-corrected chi connectivity index (χ4v) is 2.34. The Labute approximate surface area is 149 Å². The Hall–Kier alpha value is -2.11. The van der Waals surface area contributed by atoms with Crippen LogP contribution >= 0.6 is 23.2 Å². The van der Waals surface area contributed by atoms with Gasteiger partial charge in [-0.3, -0.25) is 9.59 Å². The molecule has 0 fully saturated rings. The molecule has 0 atom stereocenters. The van der Waals surface area contributed by atoms with Crippen LogP contribution < -0.4 is 5.32 Å². The van der Waals surface area contributed by atoms with Crippen molar-refractivity contribution in [3.8, 4) is 0 Å². The van der Waals surface area contributed by atoms with E-state index < -0.39 is 11.7 Å². The molecule has 0 aliphatic carbocycles. The van der Waals surface area contributed by atoms with Gasteiger partial charge in [-0.15, -0.1) is 0 Å². The van der Waals surface area contributed by atoms with Crippen LogP contribution in [0.2, 0.25) is 10.0 Å². The van der Waals surface area contributed by atoms with Crippen LogP contribution in [0, 0.1) is 5.82 Å². The van der Waals surface area contributed by atoms with Gasteiger partial charge in [-0.1, -0.05) is 35.3 Å². The second-order valence-electron chi connectivity index (χ2n) is 5.18. The van der Waals surface area contributed by atoms with Gasteiger partial charge >= 0.3 is 0 Å². The summed E-state index contributed by atoms with van der Waals surface area (Å²) in [6.45, 7) is 1.54. The molecule has 0 saturated heterocycles. The fraction of sp³-hybridized carbons (Fsp3) is 0.176. The summed E-state index contributed by atoms with van der Waals surface area (Å²) in [5.74, 6) is -1.21. The summed E-state index contributed by atoms with van der Waals surface area (Å²) in [6, 6.07) is 10.9. The SMILES string of the molecule is CC(=O)N(CC(=O)Nc1ccc(F)c(Cl)c1)Cc1ccc(Cl)cc1. The number of benzene rings is 2. The number of amides is 2. The summed E-state index contributed by atoms with van der Waals surface area (Å²) in [5.41, 5.74) is 1.22. The van der Waals surface area contributed by atoms with Crippen molar-refractivity contribution < 1.29 is 14.0 Å². The van der Waals surface area contributed by atoms with E-state index in [4.69, 9.17) is 23.2 Å². The zero-order valence-corrected chi connectivity index (χ0v) is 14.4. The van der Waals surface area contributed by atoms with Crippen molar-refractivity contribution in [2.75, 3.05) is 11.9 Å². The topological polar surface area (TPSA) is 49.4 Å². The number of halogens is 3. The average molecular weight is 369 g/mol. The van der Waals surface area contributed by atoms with Gasteiger partial charge in [-0.2, -0.15) is 0 Å². The van der Waals surface area contributed by atoms with Crippen molar-refractivity contribution in [2.45, 2.75) is 13.5 Å². The number of nitrogens with one attached hydrogen (secondary N) is 1. The van der Waals surface area contributed by atoms with Crippen LogP contribution in [0.4, 0.5) is 10.1 Å². The number of nitrogens with zero attached hydrogens (tertiary/aromatic N) is 1. The molecule has 0 aliphatic rings. The van der Waals surface area contributed by atoms with Gasteiger partial charge in [-0.25, -0.2) is 4.39 Å². The summed E-state index contributed by atoms with van der Waals surface area (Å²) >= 11 is 11.5. The zero-order chi connectivity index (χ0) is 17.7. The van der Waals surface area contributed by atoms with Crippen LogP contribution in [0.3, 0.4) is 0 Å². The summed E-state index contributed by atoms with van der Waals surface area (Å²) in [5, 5.41) is 3.10. The highest BCUT2D eigenvalue weighted by Gasteiger charge is 2.15. The van der Waals surface area contributed by atoms with Crippen molar-refractivity contribution in [3.63, 3.8) is 0 Å². The Balaban J connectivity index is 2.01. The van der Waals surface area contributed by atoms with Crippen LogP contribution in [0.25, 0.3) is 0 Å². The average Bonchev–Trinajstić information content (AvgIpc) is 2.52. The molecule has 0 aliphatic heterocycles. The van der Waals surface area contributed by atoms with Crippen LogP contribution in [0.1, 0.15) is 12.5 Å². The molecule has 2 amide bonds. The quantitative estimate of drug-likeness (QED) is 0.862. The van der Waals surface area contributed by atoms with E-state index in [0.29, 0.717) is 10.7 Å². The van der Waals surface area contributed by atoms with Gasteiger partial charge in [0.25, 0.3) is 0 Å². The predicted molar refractivity (Wildman–Crippen MR) is 92.6 cm³/mol. The van der Waals surface area contributed by atoms with E-state index in [1.807, 2.05) is 0 Å². The van der Waals surface area contributed by atoms with Crippen molar-refractivity contribution in [1.82, 2.24) is 4.90 Å². The standard InChI is InChI=1S/C17H15Cl2FN2O2/c1-11(23)22(9-12-2-4-13(18)5-3-12)10-17(24)21-14-6-7-16(20)15(19)8-14/h2-8H,9-10H2,1H3,(H,21,24). The first-order valence-corrected chi connectivity index (χ1v) is 7.85. The number of carbonyl (C=O) groups excluding carboxylic acids is 2. The molecule has 0 saturated carbocycles. The maximum atomic E-state index is 13.1. The lowest BCUT2D eigenvalue weighted by molar-refractivity contribution is -0.133. The first-order chi connectivity index (χ1) is 11.3. The van der Waals surface area contributed by atoms with Gasteiger partial charge in [0.05, 0.1) is 5.02 Å². The normalized spacial score (nSPS) is 10.3. The molecule has 0 radical (unpaired) electrons. The van der Waals surface area contributed by atoms with E-state index in [1.54, 1.807) is 24.3 Å². The van der Waals surface area contributed by atoms with E-state index in [0.717, 1.165) is 11.6 Å². The third-order valence-electron chi connectivity index (χ3n) is 3.27. The van der Waals surface area contributed by atoms with E-state index in [2.05, 4.69) is 5.32 Å². The zero-order valence-electron chi connectivity index (χ0n) is 12.9. The van der Waals surface area contributed by atoms with Crippen molar-refractivity contribution in [2.24, 2.45) is 0 Å². The highest BCUT2D eigenvalue weighted by molar-refractivity contribution is 6.31. The molecular weight excluding hydrogens is 354 g/mol. The summed E-state index contributed by atoms with van der Waals surface area (Å²) in [6.07, 6.45) is 0. The van der Waals surface area contributed by atoms with Crippen LogP contribution in [0.5, 0.6) is 0 Å². The molecule has 2 aromatic carbocycles. The highest BCUT2D eigenvalue weighted by Crippen LogP contribution is 2.19. The Bertz CT molecular complexity index is 751. The molecule has 0 bridgehead atoms. The van der Waals surface area contributed by atoms with E-state index >= 15 is 0 Å². The monoisotopic (exact) mass is 368 g/mol. The smallest absolute Gasteiger partial charge is 0.244 e. The fourth-order valence-electron chi connectivity index (χ4n) is 2.04. The van der Waals surface area contributed by atoms with Gasteiger partial charge in [0.2, 0.25) is 11.8 Å². The summed E-state index contributed by atoms with van der Waals surface area (Å²) < 4.78 is 13.1. The molecule has 0 heterocycles. The molecule has 0 aromatic heterocycles. The molecule has 1 N–H and O–H groups in total. The predicted octanol–water partition coefficient (Wildman–Crippen LogP) is 4.12. The van der Waals surface area contributed by atoms with Gasteiger partial charge in [0.1, 0.15) is 12.4 Å². The first kappa shape index (κ1) is 18.2. The maximum Gasteiger partial charge on any atom is 0.244 e. The summed E-state index contributed by atoms with van der Waals surface area (Å²) in [7, 11) is 0. The van der Waals surface area contributed by atoms with Gasteiger partial charge in [-0.05, 0) is 35.9 Å². The Morgan fingerprint density at radius 1 is 1.12 bits per heavy atom. The Morgan fingerprint density at radius 3 is 2.38 bits per heavy atom. The lowest BCUT2D eigenvalue weighted by atomic mass is 10.2. The van der Waals surface area contributed by atoms with Crippen LogP contribution in [0.15, 0.2) is 42.5 Å². The molecule has 2 rings (SSSR count). The molecule has 7 heteroatoms. The molecule has 0 spiro atoms. The number of anilines is 1. The second kappa shape index (κ2) is 8.13. The molecule has 0 unspecified atom stereocenters. The Kier molecular flexibility index (Phi) is 6.17. The molecule has 24 heavy (non-hydrogen) atoms. The van der Waals surface area contributed by atoms with Gasteiger partial charge in [0, 0.05) is 24.2 Å². The lowest BCUT2D eigenvalue weighted by Gasteiger charge is -2.20. The second-order valence-corrected chi connectivity index (χ2v) is 6.02. The molecule has 126 valence electrons. The lowest BCUT2D eigenvalue weighted by Crippen LogP contribution is -2.36. The van der Waals surface area contributed by atoms with E-state index in [9.17, 15) is 14.0 Å². The molecule has 2 aromatic rings. The van der Waals surface area contributed by atoms with Crippen LogP contribution in [-0.4, -0.2) is 23.3 Å². The minimum atomic E-state index is -0.567. The minimum absolute atomic E-state index is 0.0858. The van der Waals surface area contributed by atoms with Gasteiger partial charge in [0.15, 0.2) is 0 Å². The highest BCUT2D eigenvalue weighted by atomic mass is 35.5. The van der Waals surface area contributed by atoms with Crippen LogP contribution in [-0.2, 0) is 16.1 Å². The van der Waals surface area contributed by atoms with Crippen molar-refractivity contribution >= 4 is 40.7 Å². The molecule has 4 nitrogen and oxygen atoms in total. The van der Waals surface area contributed by atoms with Gasteiger partial charge < -0.3 is 10.2 Å². The summed E-state index contributed by atoms with van der Waals surface area (Å²) in [4.78, 5) is 25.2. The number of carbonyl (C=O) groups is 2. The van der Waals surface area contributed by atoms with E-state index in [-0.39, 0.29) is 24.0 Å². The number of hydrogen-bond acceptors (Lipinski definition) is 2. The van der Waals surface area contributed by atoms with Crippen molar-refractivity contribution in [3.05, 3.63) is 63.9 Å². The third-order valence-corrected chi connectivity index (χ3v) is 3.81. The first-order valence-electron chi connectivity index (χ1n) is 7.10. The number of rotatable bonds is 5. The molecular formula is C17H15Cl2FN2O2. The van der Waals surface area contributed by atoms with E-state index in [1.165, 1.54) is 24.0 Å². The third kappa shape index (κ3) is 5.22. The largest absolute Gasteiger partial charge is 0.329 e. The minimum Gasteiger partial charge on any atom is -0.329 e. The van der Waals surface area contributed by atoms with Crippen molar-refractivity contribution in [1.29, 1.82) is 0 Å². The Morgan fingerprint density at radius 2 is 1.79 bits per heavy atom. The maximum absolute atomic E-state index is 13.1. The number of hydrogen-bond donors (Lipinski definition) is 1.